The molecule has 1 fully saturated rings. The van der Waals surface area contributed by atoms with Crippen LogP contribution in [0.15, 0.2) is 17.0 Å². The highest BCUT2D eigenvalue weighted by molar-refractivity contribution is 5.85. The standard InChI is InChI=1S/C13H17N5O.ClH/c1-2-11-17-13(18-19-11)10-7-15-8-16-12(10)9-4-3-5-14-6-9;/h7-9,14H,2-6H2,1H3;1H. The van der Waals surface area contributed by atoms with Gasteiger partial charge in [0, 0.05) is 25.1 Å². The van der Waals surface area contributed by atoms with Gasteiger partial charge in [0.25, 0.3) is 0 Å². The first-order valence-corrected chi connectivity index (χ1v) is 6.72. The molecule has 7 heteroatoms. The van der Waals surface area contributed by atoms with Gasteiger partial charge in [-0.05, 0) is 19.4 Å². The van der Waals surface area contributed by atoms with Gasteiger partial charge in [0.1, 0.15) is 6.33 Å². The number of aryl methyl sites for hydroxylation is 1. The first kappa shape index (κ1) is 14.9. The first-order chi connectivity index (χ1) is 9.38. The molecule has 1 unspecified atom stereocenters. The van der Waals surface area contributed by atoms with Gasteiger partial charge >= 0.3 is 0 Å². The summed E-state index contributed by atoms with van der Waals surface area (Å²) < 4.78 is 5.18. The van der Waals surface area contributed by atoms with Crippen molar-refractivity contribution in [2.45, 2.75) is 32.1 Å². The van der Waals surface area contributed by atoms with Crippen molar-refractivity contribution in [3.63, 3.8) is 0 Å². The molecule has 6 nitrogen and oxygen atoms in total. The van der Waals surface area contributed by atoms with Crippen LogP contribution < -0.4 is 5.32 Å². The van der Waals surface area contributed by atoms with Crippen LogP contribution >= 0.6 is 12.4 Å². The Kier molecular flexibility index (Phi) is 5.03. The first-order valence-electron chi connectivity index (χ1n) is 6.72. The van der Waals surface area contributed by atoms with Gasteiger partial charge in [0.2, 0.25) is 11.7 Å². The van der Waals surface area contributed by atoms with E-state index in [1.54, 1.807) is 12.5 Å². The maximum atomic E-state index is 5.18. The molecule has 1 N–H and O–H groups in total. The van der Waals surface area contributed by atoms with Crippen molar-refractivity contribution in [1.82, 2.24) is 25.4 Å². The SMILES string of the molecule is CCc1nc(-c2cncnc2C2CCCNC2)no1.Cl. The van der Waals surface area contributed by atoms with E-state index in [4.69, 9.17) is 4.52 Å². The Balaban J connectivity index is 0.00000147. The van der Waals surface area contributed by atoms with Crippen LogP contribution in [0.1, 0.15) is 37.3 Å². The number of aromatic nitrogens is 4. The quantitative estimate of drug-likeness (QED) is 0.933. The normalized spacial score (nSPS) is 18.6. The second kappa shape index (κ2) is 6.76. The van der Waals surface area contributed by atoms with E-state index in [1.807, 2.05) is 6.92 Å². The van der Waals surface area contributed by atoms with Crippen LogP contribution in [0.5, 0.6) is 0 Å². The highest BCUT2D eigenvalue weighted by Crippen LogP contribution is 2.28. The second-order valence-electron chi connectivity index (χ2n) is 4.73. The smallest absolute Gasteiger partial charge is 0.226 e. The third-order valence-corrected chi connectivity index (χ3v) is 3.44. The van der Waals surface area contributed by atoms with Crippen LogP contribution in [0.2, 0.25) is 0 Å². The minimum atomic E-state index is 0. The van der Waals surface area contributed by atoms with Gasteiger partial charge in [-0.3, -0.25) is 0 Å². The molecule has 0 amide bonds. The van der Waals surface area contributed by atoms with Crippen LogP contribution in [0.4, 0.5) is 0 Å². The van der Waals surface area contributed by atoms with Crippen molar-refractivity contribution in [3.05, 3.63) is 24.1 Å². The van der Waals surface area contributed by atoms with E-state index in [0.29, 0.717) is 17.6 Å². The molecular formula is C13H18ClN5O. The van der Waals surface area contributed by atoms with Gasteiger partial charge in [-0.15, -0.1) is 12.4 Å². The zero-order valence-electron chi connectivity index (χ0n) is 11.4. The monoisotopic (exact) mass is 295 g/mol. The molecule has 2 aromatic heterocycles. The van der Waals surface area contributed by atoms with Gasteiger partial charge in [0.05, 0.1) is 11.3 Å². The fourth-order valence-corrected chi connectivity index (χ4v) is 2.43. The molecule has 0 aromatic carbocycles. The number of hydrogen-bond acceptors (Lipinski definition) is 6. The van der Waals surface area contributed by atoms with Gasteiger partial charge < -0.3 is 9.84 Å². The summed E-state index contributed by atoms with van der Waals surface area (Å²) in [4.78, 5) is 12.9. The van der Waals surface area contributed by atoms with Crippen molar-refractivity contribution in [2.75, 3.05) is 13.1 Å². The van der Waals surface area contributed by atoms with E-state index >= 15 is 0 Å². The van der Waals surface area contributed by atoms with Crippen molar-refractivity contribution in [3.8, 4) is 11.4 Å². The lowest BCUT2D eigenvalue weighted by atomic mass is 9.93. The molecule has 3 heterocycles. The lowest BCUT2D eigenvalue weighted by Gasteiger charge is -2.23. The fourth-order valence-electron chi connectivity index (χ4n) is 2.43. The molecule has 1 atom stereocenters. The van der Waals surface area contributed by atoms with E-state index in [9.17, 15) is 0 Å². The van der Waals surface area contributed by atoms with Crippen LogP contribution in [0.3, 0.4) is 0 Å². The minimum absolute atomic E-state index is 0. The van der Waals surface area contributed by atoms with Crippen molar-refractivity contribution in [2.24, 2.45) is 0 Å². The zero-order chi connectivity index (χ0) is 13.1. The summed E-state index contributed by atoms with van der Waals surface area (Å²) in [5, 5.41) is 7.43. The van der Waals surface area contributed by atoms with Crippen molar-refractivity contribution in [1.29, 1.82) is 0 Å². The molecule has 1 aliphatic heterocycles. The number of nitrogens with one attached hydrogen (secondary N) is 1. The Hall–Kier alpha value is -1.53. The molecule has 3 rings (SSSR count). The molecule has 20 heavy (non-hydrogen) atoms. The summed E-state index contributed by atoms with van der Waals surface area (Å²) in [6, 6.07) is 0. The maximum absolute atomic E-state index is 5.18. The van der Waals surface area contributed by atoms with E-state index in [0.717, 1.165) is 37.2 Å². The molecular weight excluding hydrogens is 278 g/mol. The Morgan fingerprint density at radius 3 is 3.05 bits per heavy atom. The number of piperidine rings is 1. The van der Waals surface area contributed by atoms with Crippen LogP contribution in [-0.4, -0.2) is 33.2 Å². The Bertz CT molecular complexity index is 553. The number of rotatable bonds is 3. The summed E-state index contributed by atoms with van der Waals surface area (Å²) >= 11 is 0. The number of halogens is 1. The number of nitrogens with zero attached hydrogens (tertiary/aromatic N) is 4. The highest BCUT2D eigenvalue weighted by atomic mass is 35.5. The van der Waals surface area contributed by atoms with Crippen LogP contribution in [-0.2, 0) is 6.42 Å². The molecule has 0 saturated carbocycles. The van der Waals surface area contributed by atoms with Crippen molar-refractivity contribution < 1.29 is 4.52 Å². The summed E-state index contributed by atoms with van der Waals surface area (Å²) in [6.07, 6.45) is 6.41. The number of hydrogen-bond donors (Lipinski definition) is 1. The van der Waals surface area contributed by atoms with E-state index < -0.39 is 0 Å². The second-order valence-corrected chi connectivity index (χ2v) is 4.73. The van der Waals surface area contributed by atoms with E-state index in [1.165, 1.54) is 6.42 Å². The molecule has 0 aliphatic carbocycles. The van der Waals surface area contributed by atoms with Gasteiger partial charge in [-0.1, -0.05) is 12.1 Å². The van der Waals surface area contributed by atoms with Gasteiger partial charge in [-0.25, -0.2) is 9.97 Å². The third kappa shape index (κ3) is 2.96. The lowest BCUT2D eigenvalue weighted by molar-refractivity contribution is 0.382. The predicted molar refractivity (Wildman–Crippen MR) is 76.8 cm³/mol. The minimum Gasteiger partial charge on any atom is -0.339 e. The van der Waals surface area contributed by atoms with Crippen LogP contribution in [0, 0.1) is 0 Å². The largest absolute Gasteiger partial charge is 0.339 e. The highest BCUT2D eigenvalue weighted by Gasteiger charge is 2.22. The van der Waals surface area contributed by atoms with Gasteiger partial charge in [-0.2, -0.15) is 4.98 Å². The molecule has 1 aliphatic rings. The predicted octanol–water partition coefficient (Wildman–Crippen LogP) is 1.98. The van der Waals surface area contributed by atoms with Crippen LogP contribution in [0.25, 0.3) is 11.4 Å². The van der Waals surface area contributed by atoms with E-state index in [-0.39, 0.29) is 12.4 Å². The van der Waals surface area contributed by atoms with Gasteiger partial charge in [0.15, 0.2) is 0 Å². The molecule has 0 radical (unpaired) electrons. The van der Waals surface area contributed by atoms with E-state index in [2.05, 4.69) is 25.4 Å². The molecule has 108 valence electrons. The summed E-state index contributed by atoms with van der Waals surface area (Å²) in [5.41, 5.74) is 1.91. The molecule has 0 bridgehead atoms. The topological polar surface area (TPSA) is 76.7 Å². The molecule has 2 aromatic rings. The Morgan fingerprint density at radius 2 is 2.35 bits per heavy atom. The summed E-state index contributed by atoms with van der Waals surface area (Å²) in [7, 11) is 0. The summed E-state index contributed by atoms with van der Waals surface area (Å²) in [5.74, 6) is 1.64. The Morgan fingerprint density at radius 1 is 1.45 bits per heavy atom. The fraction of sp³-hybridized carbons (Fsp3) is 0.538. The third-order valence-electron chi connectivity index (χ3n) is 3.44. The Labute approximate surface area is 123 Å². The molecule has 0 spiro atoms. The maximum Gasteiger partial charge on any atom is 0.226 e. The average molecular weight is 296 g/mol. The average Bonchev–Trinajstić information content (AvgIpc) is 2.97. The summed E-state index contributed by atoms with van der Waals surface area (Å²) in [6.45, 7) is 4.02. The lowest BCUT2D eigenvalue weighted by Crippen LogP contribution is -2.29. The molecule has 1 saturated heterocycles. The van der Waals surface area contributed by atoms with Crippen molar-refractivity contribution >= 4 is 12.4 Å². The zero-order valence-corrected chi connectivity index (χ0v) is 12.2.